The Morgan fingerprint density at radius 3 is 2.31 bits per heavy atom. The number of hydrogen-bond donors (Lipinski definition) is 3. The van der Waals surface area contributed by atoms with Gasteiger partial charge in [-0.05, 0) is 60.6 Å². The molecule has 3 aromatic rings. The summed E-state index contributed by atoms with van der Waals surface area (Å²) in [5.41, 5.74) is 0.938. The van der Waals surface area contributed by atoms with E-state index in [4.69, 9.17) is 0 Å². The first-order valence-corrected chi connectivity index (χ1v) is 14.9. The molecule has 0 bridgehead atoms. The number of hydrogen-bond acceptors (Lipinski definition) is 4. The van der Waals surface area contributed by atoms with Gasteiger partial charge in [-0.1, -0.05) is 71.1 Å². The Kier molecular flexibility index (Phi) is 10.3. The number of nitrogens with zero attached hydrogens (tertiary/aromatic N) is 1. The molecule has 7 nitrogen and oxygen atoms in total. The van der Waals surface area contributed by atoms with Crippen LogP contribution in [0.2, 0.25) is 0 Å². The van der Waals surface area contributed by atoms with Crippen LogP contribution in [0.15, 0.2) is 72.9 Å². The third-order valence-electron chi connectivity index (χ3n) is 7.30. The molecule has 12 heteroatoms. The number of halogens is 5. The first kappa shape index (κ1) is 31.5. The van der Waals surface area contributed by atoms with Crippen LogP contribution in [-0.2, 0) is 21.2 Å². The normalized spacial score (nSPS) is 18.6. The predicted octanol–water partition coefficient (Wildman–Crippen LogP) is 6.68. The molecule has 4 rings (SSSR count). The second-order valence-electron chi connectivity index (χ2n) is 10.2. The number of urea groups is 1. The quantitative estimate of drug-likeness (QED) is 0.118. The summed E-state index contributed by atoms with van der Waals surface area (Å²) < 4.78 is 58.7. The summed E-state index contributed by atoms with van der Waals surface area (Å²) in [4.78, 5) is 29.6. The summed E-state index contributed by atoms with van der Waals surface area (Å²) in [5, 5.41) is 15.3. The third-order valence-corrected chi connectivity index (χ3v) is 8.18. The first-order chi connectivity index (χ1) is 20.0. The van der Waals surface area contributed by atoms with Crippen LogP contribution in [0, 0.1) is 5.92 Å². The summed E-state index contributed by atoms with van der Waals surface area (Å²) >= 11 is 2.19. The van der Waals surface area contributed by atoms with Crippen molar-refractivity contribution in [2.75, 3.05) is 0 Å². The lowest BCUT2D eigenvalue weighted by Gasteiger charge is -2.37. The average Bonchev–Trinajstić information content (AvgIpc) is 2.97. The fraction of sp³-hybridized carbons (Fsp3) is 0.367. The second-order valence-corrected chi connectivity index (χ2v) is 11.0. The van der Waals surface area contributed by atoms with Crippen molar-refractivity contribution in [1.29, 1.82) is 0 Å². The molecule has 1 fully saturated rings. The minimum absolute atomic E-state index is 0.137. The molecule has 2 aromatic carbocycles. The van der Waals surface area contributed by atoms with Crippen molar-refractivity contribution < 1.29 is 37.0 Å². The maximum atomic E-state index is 13.9. The van der Waals surface area contributed by atoms with Crippen LogP contribution in [0.4, 0.5) is 22.4 Å². The van der Waals surface area contributed by atoms with Crippen molar-refractivity contribution in [2.24, 2.45) is 5.92 Å². The summed E-state index contributed by atoms with van der Waals surface area (Å²) in [5.74, 6) is -1.83. The van der Waals surface area contributed by atoms with Gasteiger partial charge in [0.05, 0.1) is 11.6 Å². The van der Waals surface area contributed by atoms with E-state index in [1.165, 1.54) is 12.1 Å². The topological polar surface area (TPSA) is 101 Å². The number of carboxylic acid groups (broad SMARTS) is 1. The number of amides is 2. The molecule has 1 aliphatic rings. The molecule has 1 saturated carbocycles. The van der Waals surface area contributed by atoms with Crippen LogP contribution in [-0.4, -0.2) is 40.7 Å². The van der Waals surface area contributed by atoms with Gasteiger partial charge < -0.3 is 20.5 Å². The summed E-state index contributed by atoms with van der Waals surface area (Å²) in [6.45, 7) is 0. The van der Waals surface area contributed by atoms with Gasteiger partial charge in [-0.2, -0.15) is 17.6 Å². The predicted molar refractivity (Wildman–Crippen MR) is 156 cm³/mol. The van der Waals surface area contributed by atoms with Crippen LogP contribution in [0.1, 0.15) is 48.1 Å². The Labute approximate surface area is 254 Å². The van der Waals surface area contributed by atoms with Crippen molar-refractivity contribution in [3.8, 4) is 5.75 Å². The molecule has 3 N–H and O–H groups in total. The highest BCUT2D eigenvalue weighted by molar-refractivity contribution is 14.1. The van der Waals surface area contributed by atoms with Crippen molar-refractivity contribution in [1.82, 2.24) is 15.6 Å². The van der Waals surface area contributed by atoms with Gasteiger partial charge >= 0.3 is 24.5 Å². The van der Waals surface area contributed by atoms with Crippen molar-refractivity contribution in [3.63, 3.8) is 0 Å². The van der Waals surface area contributed by atoms with Crippen molar-refractivity contribution >= 4 is 34.6 Å². The zero-order chi connectivity index (χ0) is 30.3. The summed E-state index contributed by atoms with van der Waals surface area (Å²) in [7, 11) is 0. The molecule has 1 aliphatic carbocycles. The SMILES string of the molecule is O=C(NC1CCC(C(=O)O)CC1)N[C@@](Cc1ccccc1)(c1cccc(OC(F)(F)C(F)F)c1)c1ccc(CI)cn1. The number of nitrogens with one attached hydrogen (secondary N) is 2. The number of benzene rings is 2. The fourth-order valence-electron chi connectivity index (χ4n) is 5.11. The smallest absolute Gasteiger partial charge is 0.461 e. The molecule has 0 spiro atoms. The van der Waals surface area contributed by atoms with Gasteiger partial charge in [0.25, 0.3) is 0 Å². The third kappa shape index (κ3) is 7.69. The number of aliphatic carboxylic acids is 1. The van der Waals surface area contributed by atoms with Crippen LogP contribution in [0.3, 0.4) is 0 Å². The maximum absolute atomic E-state index is 13.9. The molecular formula is C30H30F4IN3O4. The number of carboxylic acids is 1. The molecule has 1 atom stereocenters. The van der Waals surface area contributed by atoms with Gasteiger partial charge in [-0.3, -0.25) is 9.78 Å². The van der Waals surface area contributed by atoms with E-state index in [1.54, 1.807) is 18.3 Å². The Morgan fingerprint density at radius 2 is 1.71 bits per heavy atom. The molecule has 0 unspecified atom stereocenters. The molecule has 224 valence electrons. The number of carbonyl (C=O) groups is 2. The van der Waals surface area contributed by atoms with Crippen LogP contribution >= 0.6 is 22.6 Å². The van der Waals surface area contributed by atoms with E-state index in [2.05, 4.69) is 42.9 Å². The Balaban J connectivity index is 1.76. The van der Waals surface area contributed by atoms with E-state index in [9.17, 15) is 32.3 Å². The van der Waals surface area contributed by atoms with Gasteiger partial charge in [0.1, 0.15) is 11.3 Å². The minimum Gasteiger partial charge on any atom is -0.481 e. The molecule has 2 amide bonds. The van der Waals surface area contributed by atoms with Crippen molar-refractivity contribution in [3.05, 3.63) is 95.3 Å². The lowest BCUT2D eigenvalue weighted by atomic mass is 9.80. The largest absolute Gasteiger partial charge is 0.481 e. The van der Waals surface area contributed by atoms with E-state index in [0.29, 0.717) is 35.8 Å². The number of pyridine rings is 1. The average molecular weight is 699 g/mol. The van der Waals surface area contributed by atoms with E-state index in [-0.39, 0.29) is 18.0 Å². The highest BCUT2D eigenvalue weighted by atomic mass is 127. The standard InChI is InChI=1S/C30H30F4IN3O4/c31-27(32)30(33,34)42-24-8-4-7-22(15-24)29(16-19-5-2-1-3-6-19,25-14-9-20(17-35)18-36-25)38-28(41)37-23-12-10-21(11-13-23)26(39)40/h1-9,14-15,18,21,23,27H,10-13,16-17H2,(H,39,40)(H2,37,38,41)/t21?,23?,29-/m0/s1. The van der Waals surface area contributed by atoms with Crippen LogP contribution in [0.25, 0.3) is 0 Å². The highest BCUT2D eigenvalue weighted by Crippen LogP contribution is 2.36. The van der Waals surface area contributed by atoms with E-state index in [1.807, 2.05) is 36.4 Å². The molecular weight excluding hydrogens is 669 g/mol. The molecule has 1 heterocycles. The van der Waals surface area contributed by atoms with Crippen molar-refractivity contribution in [2.45, 2.75) is 60.6 Å². The molecule has 1 aromatic heterocycles. The summed E-state index contributed by atoms with van der Waals surface area (Å²) in [6, 6.07) is 17.2. The van der Waals surface area contributed by atoms with Gasteiger partial charge in [-0.25, -0.2) is 4.79 Å². The monoisotopic (exact) mass is 699 g/mol. The molecule has 0 saturated heterocycles. The molecule has 0 radical (unpaired) electrons. The summed E-state index contributed by atoms with van der Waals surface area (Å²) in [6.07, 6.45) is -5.18. The van der Waals surface area contributed by atoms with Gasteiger partial charge in [0.2, 0.25) is 0 Å². The number of ether oxygens (including phenoxy) is 1. The zero-order valence-corrected chi connectivity index (χ0v) is 24.6. The minimum atomic E-state index is -4.72. The van der Waals surface area contributed by atoms with E-state index < -0.39 is 41.7 Å². The van der Waals surface area contributed by atoms with E-state index >= 15 is 0 Å². The zero-order valence-electron chi connectivity index (χ0n) is 22.4. The number of alkyl halides is 5. The van der Waals surface area contributed by atoms with Crippen LogP contribution < -0.4 is 15.4 Å². The van der Waals surface area contributed by atoms with Gasteiger partial charge in [0, 0.05) is 23.1 Å². The first-order valence-electron chi connectivity index (χ1n) is 13.3. The number of aromatic nitrogens is 1. The lowest BCUT2D eigenvalue weighted by molar-refractivity contribution is -0.253. The highest BCUT2D eigenvalue weighted by Gasteiger charge is 2.45. The number of rotatable bonds is 11. The second kappa shape index (κ2) is 13.7. The molecule has 42 heavy (non-hydrogen) atoms. The number of carbonyl (C=O) groups excluding carboxylic acids is 1. The fourth-order valence-corrected chi connectivity index (χ4v) is 5.56. The Bertz CT molecular complexity index is 1360. The maximum Gasteiger partial charge on any atom is 0.461 e. The molecule has 0 aliphatic heterocycles. The Hall–Kier alpha value is -3.42. The Morgan fingerprint density at radius 1 is 1.00 bits per heavy atom. The van der Waals surface area contributed by atoms with E-state index in [0.717, 1.165) is 17.2 Å². The van der Waals surface area contributed by atoms with Crippen LogP contribution in [0.5, 0.6) is 5.75 Å². The lowest BCUT2D eigenvalue weighted by Crippen LogP contribution is -2.54. The van der Waals surface area contributed by atoms with Gasteiger partial charge in [-0.15, -0.1) is 0 Å². The van der Waals surface area contributed by atoms with Gasteiger partial charge in [0.15, 0.2) is 0 Å².